The van der Waals surface area contributed by atoms with E-state index in [9.17, 15) is 9.90 Å². The fourth-order valence-electron chi connectivity index (χ4n) is 2.09. The Hall–Kier alpha value is -0.810. The van der Waals surface area contributed by atoms with Crippen molar-refractivity contribution in [2.45, 2.75) is 52.5 Å². The second-order valence-electron chi connectivity index (χ2n) is 5.36. The van der Waals surface area contributed by atoms with Gasteiger partial charge < -0.3 is 14.6 Å². The Kier molecular flexibility index (Phi) is 4.38. The molecule has 1 aliphatic rings. The highest BCUT2D eigenvalue weighted by molar-refractivity contribution is 5.69. The molecule has 17 heavy (non-hydrogen) atoms. The largest absolute Gasteiger partial charge is 0.449 e. The molecule has 1 amide bonds. The standard InChI is InChI=1S/C12H23NO4/c1-8(2)7-16-11(15)13-10(6-14)9(3)17-12(13,4)5/h8-10,14H,6-7H2,1-5H3/t9-,10+/m1/s1. The molecular formula is C12H23NO4. The highest BCUT2D eigenvalue weighted by Gasteiger charge is 2.48. The summed E-state index contributed by atoms with van der Waals surface area (Å²) in [5.41, 5.74) is -0.735. The molecule has 0 saturated carbocycles. The van der Waals surface area contributed by atoms with Crippen LogP contribution in [0.2, 0.25) is 0 Å². The molecule has 100 valence electrons. The molecule has 0 aliphatic carbocycles. The average Bonchev–Trinajstić information content (AvgIpc) is 2.43. The van der Waals surface area contributed by atoms with Gasteiger partial charge in [-0.05, 0) is 26.7 Å². The first kappa shape index (κ1) is 14.3. The van der Waals surface area contributed by atoms with Crippen molar-refractivity contribution in [2.24, 2.45) is 5.92 Å². The number of amides is 1. The molecule has 1 saturated heterocycles. The van der Waals surface area contributed by atoms with Crippen molar-refractivity contribution < 1.29 is 19.4 Å². The lowest BCUT2D eigenvalue weighted by Crippen LogP contribution is -2.50. The van der Waals surface area contributed by atoms with Gasteiger partial charge in [0.15, 0.2) is 0 Å². The van der Waals surface area contributed by atoms with E-state index in [1.807, 2.05) is 20.8 Å². The van der Waals surface area contributed by atoms with Gasteiger partial charge in [0.2, 0.25) is 0 Å². The summed E-state index contributed by atoms with van der Waals surface area (Å²) >= 11 is 0. The van der Waals surface area contributed by atoms with Crippen LogP contribution >= 0.6 is 0 Å². The Morgan fingerprint density at radius 3 is 2.59 bits per heavy atom. The quantitative estimate of drug-likeness (QED) is 0.820. The van der Waals surface area contributed by atoms with Crippen molar-refractivity contribution in [3.63, 3.8) is 0 Å². The maximum absolute atomic E-state index is 12.0. The van der Waals surface area contributed by atoms with Crippen molar-refractivity contribution in [2.75, 3.05) is 13.2 Å². The summed E-state index contributed by atoms with van der Waals surface area (Å²) in [4.78, 5) is 13.5. The molecular weight excluding hydrogens is 222 g/mol. The van der Waals surface area contributed by atoms with Gasteiger partial charge >= 0.3 is 6.09 Å². The van der Waals surface area contributed by atoms with E-state index in [-0.39, 0.29) is 24.7 Å². The highest BCUT2D eigenvalue weighted by Crippen LogP contribution is 2.32. The van der Waals surface area contributed by atoms with E-state index in [0.717, 1.165) is 0 Å². The number of carbonyl (C=O) groups excluding carboxylic acids is 1. The minimum Gasteiger partial charge on any atom is -0.449 e. The van der Waals surface area contributed by atoms with Crippen LogP contribution in [0.4, 0.5) is 4.79 Å². The molecule has 0 radical (unpaired) electrons. The third-order valence-electron chi connectivity index (χ3n) is 2.85. The van der Waals surface area contributed by atoms with Crippen LogP contribution in [0.1, 0.15) is 34.6 Å². The maximum Gasteiger partial charge on any atom is 0.412 e. The van der Waals surface area contributed by atoms with E-state index in [4.69, 9.17) is 9.47 Å². The average molecular weight is 245 g/mol. The summed E-state index contributed by atoms with van der Waals surface area (Å²) in [5.74, 6) is 0.288. The lowest BCUT2D eigenvalue weighted by molar-refractivity contribution is -0.0671. The zero-order valence-electron chi connectivity index (χ0n) is 11.3. The van der Waals surface area contributed by atoms with Gasteiger partial charge in [-0.3, -0.25) is 4.90 Å². The summed E-state index contributed by atoms with van der Waals surface area (Å²) in [6.45, 7) is 9.65. The smallest absolute Gasteiger partial charge is 0.412 e. The number of carbonyl (C=O) groups is 1. The molecule has 0 spiro atoms. The van der Waals surface area contributed by atoms with E-state index in [0.29, 0.717) is 6.61 Å². The van der Waals surface area contributed by atoms with Gasteiger partial charge in [-0.2, -0.15) is 0 Å². The van der Waals surface area contributed by atoms with E-state index in [2.05, 4.69) is 0 Å². The number of rotatable bonds is 3. The lowest BCUT2D eigenvalue weighted by atomic mass is 10.1. The topological polar surface area (TPSA) is 59.0 Å². The number of ether oxygens (including phenoxy) is 2. The van der Waals surface area contributed by atoms with Crippen LogP contribution in [-0.4, -0.2) is 47.2 Å². The van der Waals surface area contributed by atoms with Crippen molar-refractivity contribution in [1.29, 1.82) is 0 Å². The zero-order chi connectivity index (χ0) is 13.2. The van der Waals surface area contributed by atoms with E-state index >= 15 is 0 Å². The van der Waals surface area contributed by atoms with Crippen molar-refractivity contribution in [1.82, 2.24) is 4.90 Å². The molecule has 1 heterocycles. The van der Waals surface area contributed by atoms with Crippen molar-refractivity contribution in [3.05, 3.63) is 0 Å². The number of hydrogen-bond acceptors (Lipinski definition) is 4. The molecule has 1 aliphatic heterocycles. The van der Waals surface area contributed by atoms with Crippen LogP contribution in [0.25, 0.3) is 0 Å². The molecule has 5 nitrogen and oxygen atoms in total. The summed E-state index contributed by atoms with van der Waals surface area (Å²) in [7, 11) is 0. The molecule has 0 bridgehead atoms. The number of aliphatic hydroxyl groups excluding tert-OH is 1. The molecule has 2 atom stereocenters. The van der Waals surface area contributed by atoms with Gasteiger partial charge in [-0.15, -0.1) is 0 Å². The molecule has 1 N–H and O–H groups in total. The van der Waals surface area contributed by atoms with E-state index in [1.165, 1.54) is 4.90 Å². The number of hydrogen-bond donors (Lipinski definition) is 1. The minimum atomic E-state index is -0.735. The van der Waals surface area contributed by atoms with Crippen LogP contribution in [0.15, 0.2) is 0 Å². The normalized spacial score (nSPS) is 27.6. The molecule has 0 unspecified atom stereocenters. The van der Waals surface area contributed by atoms with Crippen LogP contribution in [0, 0.1) is 5.92 Å². The van der Waals surface area contributed by atoms with Gasteiger partial charge in [-0.1, -0.05) is 13.8 Å². The van der Waals surface area contributed by atoms with Gasteiger partial charge in [0.1, 0.15) is 5.72 Å². The Labute approximate surface area is 103 Å². The summed E-state index contributed by atoms with van der Waals surface area (Å²) in [6.07, 6.45) is -0.617. The lowest BCUT2D eigenvalue weighted by Gasteiger charge is -2.32. The summed E-state index contributed by atoms with van der Waals surface area (Å²) < 4.78 is 10.9. The molecule has 1 fully saturated rings. The van der Waals surface area contributed by atoms with Crippen molar-refractivity contribution >= 4 is 6.09 Å². The first-order valence-corrected chi connectivity index (χ1v) is 6.04. The molecule has 0 aromatic rings. The third kappa shape index (κ3) is 3.10. The highest BCUT2D eigenvalue weighted by atomic mass is 16.6. The zero-order valence-corrected chi connectivity index (χ0v) is 11.3. The second-order valence-corrected chi connectivity index (χ2v) is 5.36. The monoisotopic (exact) mass is 245 g/mol. The van der Waals surface area contributed by atoms with Crippen LogP contribution in [0.3, 0.4) is 0 Å². The first-order chi connectivity index (χ1) is 7.79. The SMILES string of the molecule is CC(C)COC(=O)N1[C@@H](CO)[C@@H](C)OC1(C)C. The maximum atomic E-state index is 12.0. The van der Waals surface area contributed by atoms with Gasteiger partial charge in [0, 0.05) is 0 Å². The third-order valence-corrected chi connectivity index (χ3v) is 2.85. The predicted octanol–water partition coefficient (Wildman–Crippen LogP) is 1.60. The van der Waals surface area contributed by atoms with Gasteiger partial charge in [0.05, 0.1) is 25.4 Å². The van der Waals surface area contributed by atoms with Gasteiger partial charge in [0.25, 0.3) is 0 Å². The molecule has 0 aromatic carbocycles. The Morgan fingerprint density at radius 1 is 1.53 bits per heavy atom. The van der Waals surface area contributed by atoms with Crippen LogP contribution in [-0.2, 0) is 9.47 Å². The first-order valence-electron chi connectivity index (χ1n) is 6.04. The summed E-state index contributed by atoms with van der Waals surface area (Å²) in [6, 6.07) is -0.343. The van der Waals surface area contributed by atoms with E-state index < -0.39 is 11.8 Å². The fraction of sp³-hybridized carbons (Fsp3) is 0.917. The number of aliphatic hydroxyl groups is 1. The Morgan fingerprint density at radius 2 is 2.12 bits per heavy atom. The van der Waals surface area contributed by atoms with Crippen molar-refractivity contribution in [3.8, 4) is 0 Å². The van der Waals surface area contributed by atoms with Crippen LogP contribution < -0.4 is 0 Å². The predicted molar refractivity (Wildman–Crippen MR) is 63.5 cm³/mol. The molecule has 0 aromatic heterocycles. The Bertz CT molecular complexity index is 278. The minimum absolute atomic E-state index is 0.124. The second kappa shape index (κ2) is 5.23. The number of nitrogens with zero attached hydrogens (tertiary/aromatic N) is 1. The van der Waals surface area contributed by atoms with Crippen LogP contribution in [0.5, 0.6) is 0 Å². The van der Waals surface area contributed by atoms with E-state index in [1.54, 1.807) is 13.8 Å². The fourth-order valence-corrected chi connectivity index (χ4v) is 2.09. The molecule has 5 heteroatoms. The Balaban J connectivity index is 2.74. The van der Waals surface area contributed by atoms with Gasteiger partial charge in [-0.25, -0.2) is 4.79 Å². The molecule has 1 rings (SSSR count). The summed E-state index contributed by atoms with van der Waals surface area (Å²) in [5, 5.41) is 9.34.